The second kappa shape index (κ2) is 5.49. The summed E-state index contributed by atoms with van der Waals surface area (Å²) in [7, 11) is 0. The zero-order chi connectivity index (χ0) is 15.9. The van der Waals surface area contributed by atoms with Gasteiger partial charge < -0.3 is 5.32 Å². The SMILES string of the molecule is CC1NNC(C(=O)NC2(c3cccc(Cl)c3)CC2)C1[N+](=O)[O-]. The summed E-state index contributed by atoms with van der Waals surface area (Å²) < 4.78 is 0. The lowest BCUT2D eigenvalue weighted by molar-refractivity contribution is -0.523. The molecule has 1 aromatic rings. The Balaban J connectivity index is 1.76. The van der Waals surface area contributed by atoms with Crippen molar-refractivity contribution in [3.63, 3.8) is 0 Å². The van der Waals surface area contributed by atoms with Gasteiger partial charge >= 0.3 is 0 Å². The van der Waals surface area contributed by atoms with Crippen LogP contribution in [0, 0.1) is 10.1 Å². The third kappa shape index (κ3) is 2.67. The molecule has 0 bridgehead atoms. The molecule has 0 radical (unpaired) electrons. The van der Waals surface area contributed by atoms with E-state index < -0.39 is 28.6 Å². The number of hydrazine groups is 1. The number of rotatable bonds is 4. The Morgan fingerprint density at radius 1 is 1.45 bits per heavy atom. The highest BCUT2D eigenvalue weighted by molar-refractivity contribution is 6.30. The summed E-state index contributed by atoms with van der Waals surface area (Å²) >= 11 is 6.00. The topological polar surface area (TPSA) is 96.3 Å². The summed E-state index contributed by atoms with van der Waals surface area (Å²) in [6.07, 6.45) is 1.61. The van der Waals surface area contributed by atoms with Gasteiger partial charge in [0, 0.05) is 9.95 Å². The fraction of sp³-hybridized carbons (Fsp3) is 0.500. The molecule has 2 fully saturated rings. The largest absolute Gasteiger partial charge is 0.345 e. The Kier molecular flexibility index (Phi) is 3.80. The van der Waals surface area contributed by atoms with E-state index >= 15 is 0 Å². The van der Waals surface area contributed by atoms with E-state index in [1.165, 1.54) is 0 Å². The van der Waals surface area contributed by atoms with Crippen molar-refractivity contribution in [3.05, 3.63) is 45.0 Å². The molecular weight excluding hydrogens is 308 g/mol. The predicted octanol–water partition coefficient (Wildman–Crippen LogP) is 0.956. The fourth-order valence-electron chi connectivity index (χ4n) is 2.92. The monoisotopic (exact) mass is 324 g/mol. The van der Waals surface area contributed by atoms with Crippen LogP contribution in [0.4, 0.5) is 0 Å². The summed E-state index contributed by atoms with van der Waals surface area (Å²) in [5.41, 5.74) is 5.97. The van der Waals surface area contributed by atoms with Crippen LogP contribution in [0.25, 0.3) is 0 Å². The Hall–Kier alpha value is -1.70. The molecular formula is C14H17ClN4O3. The minimum Gasteiger partial charge on any atom is -0.345 e. The number of amides is 1. The zero-order valence-corrected chi connectivity index (χ0v) is 12.8. The summed E-state index contributed by atoms with van der Waals surface area (Å²) in [4.78, 5) is 23.2. The summed E-state index contributed by atoms with van der Waals surface area (Å²) in [5.74, 6) is -0.365. The van der Waals surface area contributed by atoms with Gasteiger partial charge in [0.25, 0.3) is 6.04 Å². The van der Waals surface area contributed by atoms with E-state index in [4.69, 9.17) is 11.6 Å². The maximum absolute atomic E-state index is 12.5. The van der Waals surface area contributed by atoms with Crippen LogP contribution in [0.2, 0.25) is 5.02 Å². The lowest BCUT2D eigenvalue weighted by Gasteiger charge is -2.21. The Morgan fingerprint density at radius 2 is 2.18 bits per heavy atom. The molecule has 1 aromatic carbocycles. The quantitative estimate of drug-likeness (QED) is 0.566. The second-order valence-corrected chi connectivity index (χ2v) is 6.35. The van der Waals surface area contributed by atoms with E-state index in [9.17, 15) is 14.9 Å². The van der Waals surface area contributed by atoms with Gasteiger partial charge in [0.2, 0.25) is 5.91 Å². The highest BCUT2D eigenvalue weighted by atomic mass is 35.5. The number of nitrogens with zero attached hydrogens (tertiary/aromatic N) is 1. The predicted molar refractivity (Wildman–Crippen MR) is 80.8 cm³/mol. The second-order valence-electron chi connectivity index (χ2n) is 5.91. The summed E-state index contributed by atoms with van der Waals surface area (Å²) in [5, 5.41) is 14.7. The van der Waals surface area contributed by atoms with Gasteiger partial charge in [0.1, 0.15) is 0 Å². The van der Waals surface area contributed by atoms with Crippen molar-refractivity contribution in [1.82, 2.24) is 16.2 Å². The smallest absolute Gasteiger partial charge is 0.254 e. The molecule has 1 saturated heterocycles. The van der Waals surface area contributed by atoms with Crippen molar-refractivity contribution in [3.8, 4) is 0 Å². The number of nitro groups is 1. The van der Waals surface area contributed by atoms with Crippen molar-refractivity contribution >= 4 is 17.5 Å². The molecule has 1 saturated carbocycles. The number of halogens is 1. The van der Waals surface area contributed by atoms with Crippen molar-refractivity contribution < 1.29 is 9.72 Å². The molecule has 0 spiro atoms. The van der Waals surface area contributed by atoms with Gasteiger partial charge in [-0.05, 0) is 37.5 Å². The number of carbonyl (C=O) groups excluding carboxylic acids is 1. The van der Waals surface area contributed by atoms with Crippen LogP contribution in [0.15, 0.2) is 24.3 Å². The minimum atomic E-state index is -0.991. The molecule has 1 aliphatic heterocycles. The van der Waals surface area contributed by atoms with Gasteiger partial charge in [-0.1, -0.05) is 23.7 Å². The number of hydrogen-bond acceptors (Lipinski definition) is 5. The van der Waals surface area contributed by atoms with Crippen LogP contribution in [0.3, 0.4) is 0 Å². The standard InChI is InChI=1S/C14H17ClN4O3/c1-8-12(19(21)22)11(18-17-8)13(20)16-14(5-6-14)9-3-2-4-10(15)7-9/h2-4,7-8,11-12,17-18H,5-6H2,1H3,(H,16,20). The summed E-state index contributed by atoms with van der Waals surface area (Å²) in [6, 6.07) is 5.05. The molecule has 8 heteroatoms. The molecule has 2 aliphatic rings. The Morgan fingerprint density at radius 3 is 2.77 bits per heavy atom. The normalized spacial score (nSPS) is 29.1. The lowest BCUT2D eigenvalue weighted by atomic mass is 10.0. The van der Waals surface area contributed by atoms with E-state index in [0.717, 1.165) is 18.4 Å². The molecule has 22 heavy (non-hydrogen) atoms. The fourth-order valence-corrected chi connectivity index (χ4v) is 3.11. The number of nitrogens with one attached hydrogen (secondary N) is 3. The Labute approximate surface area is 132 Å². The van der Waals surface area contributed by atoms with Crippen molar-refractivity contribution in [2.45, 2.75) is 43.4 Å². The maximum Gasteiger partial charge on any atom is 0.254 e. The molecule has 1 amide bonds. The lowest BCUT2D eigenvalue weighted by Crippen LogP contribution is -2.52. The highest BCUT2D eigenvalue weighted by Crippen LogP contribution is 2.46. The molecule has 1 aliphatic carbocycles. The van der Waals surface area contributed by atoms with Gasteiger partial charge in [-0.15, -0.1) is 0 Å². The van der Waals surface area contributed by atoms with Crippen LogP contribution >= 0.6 is 11.6 Å². The molecule has 3 rings (SSSR count). The highest BCUT2D eigenvalue weighted by Gasteiger charge is 2.51. The molecule has 3 unspecified atom stereocenters. The third-order valence-electron chi connectivity index (χ3n) is 4.34. The number of benzene rings is 1. The molecule has 1 heterocycles. The van der Waals surface area contributed by atoms with Gasteiger partial charge in [0.05, 0.1) is 11.6 Å². The minimum absolute atomic E-state index is 0.365. The first-order chi connectivity index (χ1) is 10.4. The number of hydrogen-bond donors (Lipinski definition) is 3. The maximum atomic E-state index is 12.5. The van der Waals surface area contributed by atoms with Crippen molar-refractivity contribution in [2.24, 2.45) is 0 Å². The summed E-state index contributed by atoms with van der Waals surface area (Å²) in [6.45, 7) is 1.68. The zero-order valence-electron chi connectivity index (χ0n) is 12.0. The van der Waals surface area contributed by atoms with Gasteiger partial charge in [-0.25, -0.2) is 10.9 Å². The first kappa shape index (κ1) is 15.2. The van der Waals surface area contributed by atoms with Gasteiger partial charge in [0.15, 0.2) is 6.04 Å². The molecule has 3 atom stereocenters. The first-order valence-electron chi connectivity index (χ1n) is 7.15. The van der Waals surface area contributed by atoms with Crippen molar-refractivity contribution in [1.29, 1.82) is 0 Å². The molecule has 3 N–H and O–H groups in total. The van der Waals surface area contributed by atoms with E-state index in [2.05, 4.69) is 16.2 Å². The average molecular weight is 325 g/mol. The van der Waals surface area contributed by atoms with Crippen LogP contribution in [-0.4, -0.2) is 29.0 Å². The first-order valence-corrected chi connectivity index (χ1v) is 7.53. The molecule has 0 aromatic heterocycles. The third-order valence-corrected chi connectivity index (χ3v) is 4.57. The van der Waals surface area contributed by atoms with E-state index in [-0.39, 0.29) is 5.91 Å². The van der Waals surface area contributed by atoms with Crippen LogP contribution < -0.4 is 16.2 Å². The average Bonchev–Trinajstić information content (AvgIpc) is 3.13. The van der Waals surface area contributed by atoms with E-state index in [1.54, 1.807) is 13.0 Å². The Bertz CT molecular complexity index is 620. The van der Waals surface area contributed by atoms with Gasteiger partial charge in [-0.3, -0.25) is 14.9 Å². The molecule has 7 nitrogen and oxygen atoms in total. The van der Waals surface area contributed by atoms with E-state index in [1.807, 2.05) is 18.2 Å². The van der Waals surface area contributed by atoms with Crippen LogP contribution in [0.1, 0.15) is 25.3 Å². The van der Waals surface area contributed by atoms with Gasteiger partial charge in [-0.2, -0.15) is 0 Å². The van der Waals surface area contributed by atoms with Crippen LogP contribution in [0.5, 0.6) is 0 Å². The number of carbonyl (C=O) groups is 1. The van der Waals surface area contributed by atoms with Crippen LogP contribution in [-0.2, 0) is 10.3 Å². The molecule has 118 valence electrons. The van der Waals surface area contributed by atoms with Crippen molar-refractivity contribution in [2.75, 3.05) is 0 Å². The van der Waals surface area contributed by atoms with E-state index in [0.29, 0.717) is 5.02 Å².